The maximum atomic E-state index is 13.7. The third-order valence-corrected chi connectivity index (χ3v) is 7.60. The maximum absolute atomic E-state index is 13.7. The van der Waals surface area contributed by atoms with Gasteiger partial charge in [0.05, 0.1) is 24.8 Å². The lowest BCUT2D eigenvalue weighted by Crippen LogP contribution is -2.61. The van der Waals surface area contributed by atoms with E-state index in [1.54, 1.807) is 42.5 Å². The molecule has 1 amide bonds. The van der Waals surface area contributed by atoms with Crippen LogP contribution in [0.15, 0.2) is 59.5 Å². The minimum Gasteiger partial charge on any atom is -0.467 e. The zero-order chi connectivity index (χ0) is 22.4. The second-order valence-electron chi connectivity index (χ2n) is 7.27. The number of fused-ring (bicyclic) bond motifs is 3. The van der Waals surface area contributed by atoms with Crippen molar-refractivity contribution in [2.24, 2.45) is 0 Å². The quantitative estimate of drug-likeness (QED) is 0.402. The molecular formula is C21H20N2O7S. The molecule has 0 unspecified atom stereocenters. The van der Waals surface area contributed by atoms with Gasteiger partial charge in [-0.2, -0.15) is 0 Å². The van der Waals surface area contributed by atoms with E-state index in [0.29, 0.717) is 17.5 Å². The minimum atomic E-state index is -4.16. The van der Waals surface area contributed by atoms with Crippen LogP contribution in [0.25, 0.3) is 0 Å². The van der Waals surface area contributed by atoms with Crippen molar-refractivity contribution in [3.05, 3.63) is 60.2 Å². The van der Waals surface area contributed by atoms with Crippen molar-refractivity contribution < 1.29 is 32.3 Å². The molecule has 10 heteroatoms. The van der Waals surface area contributed by atoms with E-state index in [4.69, 9.17) is 9.47 Å². The molecule has 4 rings (SSSR count). The summed E-state index contributed by atoms with van der Waals surface area (Å²) in [6.45, 7) is 0. The molecule has 0 saturated carbocycles. The van der Waals surface area contributed by atoms with E-state index >= 15 is 0 Å². The monoisotopic (exact) mass is 444 g/mol. The zero-order valence-electron chi connectivity index (χ0n) is 16.8. The number of methoxy groups -OCH3 is 2. The Morgan fingerprint density at radius 3 is 2.29 bits per heavy atom. The van der Waals surface area contributed by atoms with Gasteiger partial charge in [0.25, 0.3) is 10.0 Å². The number of hydrogen-bond acceptors (Lipinski definition) is 7. The van der Waals surface area contributed by atoms with E-state index < -0.39 is 39.7 Å². The number of aldehydes is 1. The van der Waals surface area contributed by atoms with Gasteiger partial charge in [0.1, 0.15) is 6.17 Å². The lowest BCUT2D eigenvalue weighted by molar-refractivity contribution is -0.155. The molecule has 0 radical (unpaired) electrons. The number of para-hydroxylation sites is 1. The molecule has 1 fully saturated rings. The van der Waals surface area contributed by atoms with Crippen LogP contribution in [0.4, 0.5) is 10.5 Å². The van der Waals surface area contributed by atoms with Crippen LogP contribution >= 0.6 is 0 Å². The van der Waals surface area contributed by atoms with Crippen LogP contribution in [0.3, 0.4) is 0 Å². The van der Waals surface area contributed by atoms with Crippen LogP contribution in [0.5, 0.6) is 0 Å². The highest BCUT2D eigenvalue weighted by Gasteiger charge is 2.66. The number of anilines is 1. The molecule has 2 aliphatic heterocycles. The summed E-state index contributed by atoms with van der Waals surface area (Å²) < 4.78 is 38.1. The molecule has 2 aromatic rings. The Morgan fingerprint density at radius 2 is 1.68 bits per heavy atom. The number of hydrogen-bond donors (Lipinski definition) is 0. The minimum absolute atomic E-state index is 0.0111. The number of amides is 1. The average molecular weight is 444 g/mol. The van der Waals surface area contributed by atoms with Crippen LogP contribution < -0.4 is 4.31 Å². The number of carbonyl (C=O) groups excluding carboxylic acids is 3. The molecule has 2 aliphatic rings. The van der Waals surface area contributed by atoms with E-state index in [2.05, 4.69) is 0 Å². The van der Waals surface area contributed by atoms with E-state index in [1.165, 1.54) is 12.1 Å². The number of ether oxygens (including phenoxy) is 2. The third kappa shape index (κ3) is 2.82. The first-order chi connectivity index (χ1) is 14.8. The predicted molar refractivity (Wildman–Crippen MR) is 109 cm³/mol. The van der Waals surface area contributed by atoms with E-state index in [-0.39, 0.29) is 11.3 Å². The van der Waals surface area contributed by atoms with Crippen LogP contribution in [0.1, 0.15) is 17.9 Å². The van der Waals surface area contributed by atoms with Crippen LogP contribution in [-0.2, 0) is 29.1 Å². The fourth-order valence-corrected chi connectivity index (χ4v) is 6.18. The summed E-state index contributed by atoms with van der Waals surface area (Å²) in [6.07, 6.45) is -2.00. The fraction of sp³-hybridized carbons (Fsp3) is 0.286. The van der Waals surface area contributed by atoms with E-state index in [1.807, 2.05) is 0 Å². The number of nitrogens with zero attached hydrogens (tertiary/aromatic N) is 2. The van der Waals surface area contributed by atoms with Gasteiger partial charge in [-0.15, -0.1) is 0 Å². The van der Waals surface area contributed by atoms with Gasteiger partial charge in [-0.25, -0.2) is 22.3 Å². The van der Waals surface area contributed by atoms with Crippen molar-refractivity contribution in [1.82, 2.24) is 4.90 Å². The van der Waals surface area contributed by atoms with Gasteiger partial charge in [0.15, 0.2) is 6.29 Å². The van der Waals surface area contributed by atoms with Gasteiger partial charge < -0.3 is 14.3 Å². The van der Waals surface area contributed by atoms with Gasteiger partial charge in [-0.3, -0.25) is 4.90 Å². The summed E-state index contributed by atoms with van der Waals surface area (Å²) in [5.41, 5.74) is -1.04. The number of sulfonamides is 1. The van der Waals surface area contributed by atoms with Crippen LogP contribution in [0.2, 0.25) is 0 Å². The number of benzene rings is 2. The highest BCUT2D eigenvalue weighted by atomic mass is 32.2. The Morgan fingerprint density at radius 1 is 1.03 bits per heavy atom. The van der Waals surface area contributed by atoms with Crippen molar-refractivity contribution >= 4 is 34.1 Å². The first kappa shape index (κ1) is 20.9. The molecule has 0 aliphatic carbocycles. The Hall–Kier alpha value is -3.40. The van der Waals surface area contributed by atoms with E-state index in [0.717, 1.165) is 23.4 Å². The first-order valence-corrected chi connectivity index (χ1v) is 10.9. The summed E-state index contributed by atoms with van der Waals surface area (Å²) >= 11 is 0. The highest BCUT2D eigenvalue weighted by molar-refractivity contribution is 7.92. The molecule has 9 nitrogen and oxygen atoms in total. The van der Waals surface area contributed by atoms with Crippen molar-refractivity contribution in [2.45, 2.75) is 28.9 Å². The number of esters is 1. The van der Waals surface area contributed by atoms with Gasteiger partial charge >= 0.3 is 12.1 Å². The molecule has 0 aromatic heterocycles. The normalized spacial score (nSPS) is 24.3. The molecular weight excluding hydrogens is 424 g/mol. The Kier molecular flexibility index (Phi) is 4.97. The standard InChI is InChI=1S/C21H20N2O7S/c1-29-19(25)21(13-24)12-16-15-10-6-7-11-17(15)23(18(16)22(21)20(26)30-2)31(27,28)14-8-4-3-5-9-14/h3-11,13,16,18H,12H2,1-2H3/t16-,18+,21-/m1/s1. The molecule has 2 aromatic carbocycles. The highest BCUT2D eigenvalue weighted by Crippen LogP contribution is 2.54. The summed E-state index contributed by atoms with van der Waals surface area (Å²) in [7, 11) is -1.96. The van der Waals surface area contributed by atoms with Crippen LogP contribution in [0, 0.1) is 0 Å². The molecule has 31 heavy (non-hydrogen) atoms. The number of rotatable bonds is 4. The first-order valence-electron chi connectivity index (χ1n) is 9.44. The fourth-order valence-electron chi connectivity index (χ4n) is 4.50. The van der Waals surface area contributed by atoms with Crippen molar-refractivity contribution in [1.29, 1.82) is 0 Å². The second kappa shape index (κ2) is 7.38. The summed E-state index contributed by atoms with van der Waals surface area (Å²) in [6, 6.07) is 14.5. The lowest BCUT2D eigenvalue weighted by atomic mass is 9.89. The molecule has 0 spiro atoms. The van der Waals surface area contributed by atoms with Gasteiger partial charge in [-0.1, -0.05) is 36.4 Å². The molecule has 3 atom stereocenters. The van der Waals surface area contributed by atoms with Crippen LogP contribution in [-0.4, -0.2) is 57.6 Å². The SMILES string of the molecule is COC(=O)N1[C@@H]2[C@H](C[C@@]1(C=O)C(=O)OC)c1ccccc1N2S(=O)(=O)c1ccccc1. The zero-order valence-corrected chi connectivity index (χ0v) is 17.6. The summed E-state index contributed by atoms with van der Waals surface area (Å²) in [4.78, 5) is 38.6. The largest absolute Gasteiger partial charge is 0.467 e. The smallest absolute Gasteiger partial charge is 0.412 e. The van der Waals surface area contributed by atoms with Gasteiger partial charge in [0, 0.05) is 5.92 Å². The Balaban J connectivity index is 1.98. The van der Waals surface area contributed by atoms with Crippen molar-refractivity contribution in [3.63, 3.8) is 0 Å². The number of carbonyl (C=O) groups is 3. The lowest BCUT2D eigenvalue weighted by Gasteiger charge is -2.37. The molecule has 0 N–H and O–H groups in total. The molecule has 0 bridgehead atoms. The van der Waals surface area contributed by atoms with Crippen molar-refractivity contribution in [2.75, 3.05) is 18.5 Å². The van der Waals surface area contributed by atoms with Gasteiger partial charge in [-0.05, 0) is 30.2 Å². The molecule has 1 saturated heterocycles. The average Bonchev–Trinajstić information content (AvgIpc) is 3.30. The summed E-state index contributed by atoms with van der Waals surface area (Å²) in [5, 5.41) is 0. The Labute approximate surface area is 179 Å². The topological polar surface area (TPSA) is 110 Å². The number of likely N-dealkylation sites (tertiary alicyclic amines) is 1. The van der Waals surface area contributed by atoms with Crippen molar-refractivity contribution in [3.8, 4) is 0 Å². The second-order valence-corrected chi connectivity index (χ2v) is 9.09. The summed E-state index contributed by atoms with van der Waals surface area (Å²) in [5.74, 6) is -1.60. The van der Waals surface area contributed by atoms with Gasteiger partial charge in [0.2, 0.25) is 5.54 Å². The predicted octanol–water partition coefficient (Wildman–Crippen LogP) is 1.89. The Bertz CT molecular complexity index is 1150. The third-order valence-electron chi connectivity index (χ3n) is 5.80. The molecule has 2 heterocycles. The molecule has 162 valence electrons. The van der Waals surface area contributed by atoms with E-state index in [9.17, 15) is 22.8 Å². The maximum Gasteiger partial charge on any atom is 0.412 e.